The Kier molecular flexibility index (Phi) is 2.54. The number of aryl methyl sites for hydroxylation is 1. The molecule has 0 spiro atoms. The fourth-order valence-electron chi connectivity index (χ4n) is 2.23. The number of Topliss-reactive ketones (excluding diaryl/α,β-unsaturated/α-hetero) is 1. The molecule has 18 heavy (non-hydrogen) atoms. The number of H-pyrrole nitrogens is 1. The number of hydrogen-bond donors (Lipinski definition) is 1. The predicted octanol–water partition coefficient (Wildman–Crippen LogP) is 2.68. The van der Waals surface area contributed by atoms with Gasteiger partial charge in [-0.1, -0.05) is 13.0 Å². The van der Waals surface area contributed by atoms with E-state index in [2.05, 4.69) is 11.9 Å². The maximum absolute atomic E-state index is 12.3. The highest BCUT2D eigenvalue weighted by Gasteiger charge is 2.32. The van der Waals surface area contributed by atoms with Crippen LogP contribution in [0.3, 0.4) is 0 Å². The van der Waals surface area contributed by atoms with Gasteiger partial charge >= 0.3 is 0 Å². The summed E-state index contributed by atoms with van der Waals surface area (Å²) in [6.07, 6.45) is 4.30. The summed E-state index contributed by atoms with van der Waals surface area (Å²) in [5, 5.41) is 0.626. The summed E-state index contributed by atoms with van der Waals surface area (Å²) in [4.78, 5) is 27.4. The predicted molar refractivity (Wildman–Crippen MR) is 71.0 cm³/mol. The Labute approximate surface area is 105 Å². The zero-order valence-electron chi connectivity index (χ0n) is 10.3. The van der Waals surface area contributed by atoms with E-state index in [1.54, 1.807) is 6.20 Å². The smallest absolute Gasteiger partial charge is 0.200 e. The number of ketones is 1. The van der Waals surface area contributed by atoms with Crippen molar-refractivity contribution >= 4 is 16.7 Å². The number of fused-ring (bicyclic) bond motifs is 1. The monoisotopic (exact) mass is 241 g/mol. The lowest BCUT2D eigenvalue weighted by atomic mass is 10.0. The standard InChI is InChI=1S/C15H15NO2/c1-2-9-3-6-13-11(7-9)15(18)12(8-16-13)14(17)10-4-5-10/h3,6-8,10H,2,4-5H2,1H3,(H,16,18). The van der Waals surface area contributed by atoms with E-state index in [0.29, 0.717) is 10.9 Å². The molecule has 3 rings (SSSR count). The van der Waals surface area contributed by atoms with Crippen LogP contribution in [0.25, 0.3) is 10.9 Å². The van der Waals surface area contributed by atoms with Crippen LogP contribution < -0.4 is 5.43 Å². The van der Waals surface area contributed by atoms with Gasteiger partial charge in [0.15, 0.2) is 11.2 Å². The number of aromatic nitrogens is 1. The molecule has 3 nitrogen and oxygen atoms in total. The molecule has 0 radical (unpaired) electrons. The van der Waals surface area contributed by atoms with E-state index in [-0.39, 0.29) is 17.1 Å². The lowest BCUT2D eigenvalue weighted by Crippen LogP contribution is -2.17. The highest BCUT2D eigenvalue weighted by molar-refractivity contribution is 6.01. The molecule has 1 aromatic carbocycles. The van der Waals surface area contributed by atoms with E-state index < -0.39 is 0 Å². The zero-order valence-corrected chi connectivity index (χ0v) is 10.3. The molecule has 3 heteroatoms. The van der Waals surface area contributed by atoms with Gasteiger partial charge in [0.05, 0.1) is 5.56 Å². The maximum atomic E-state index is 12.3. The van der Waals surface area contributed by atoms with Crippen molar-refractivity contribution in [3.8, 4) is 0 Å². The molecule has 92 valence electrons. The van der Waals surface area contributed by atoms with Crippen molar-refractivity contribution in [2.45, 2.75) is 26.2 Å². The van der Waals surface area contributed by atoms with Crippen LogP contribution in [0.5, 0.6) is 0 Å². The van der Waals surface area contributed by atoms with E-state index in [1.807, 2.05) is 18.2 Å². The second-order valence-corrected chi connectivity index (χ2v) is 4.90. The quantitative estimate of drug-likeness (QED) is 0.840. The summed E-state index contributed by atoms with van der Waals surface area (Å²) in [5.41, 5.74) is 2.10. The third kappa shape index (κ3) is 1.76. The molecule has 0 saturated heterocycles. The van der Waals surface area contributed by atoms with Gasteiger partial charge in [-0.05, 0) is 37.0 Å². The topological polar surface area (TPSA) is 49.9 Å². The van der Waals surface area contributed by atoms with E-state index >= 15 is 0 Å². The van der Waals surface area contributed by atoms with Gasteiger partial charge in [0, 0.05) is 23.0 Å². The number of aromatic amines is 1. The first kappa shape index (κ1) is 11.2. The average Bonchev–Trinajstić information content (AvgIpc) is 3.22. The summed E-state index contributed by atoms with van der Waals surface area (Å²) in [7, 11) is 0. The summed E-state index contributed by atoms with van der Waals surface area (Å²) in [5.74, 6) is 0.0814. The van der Waals surface area contributed by atoms with E-state index in [0.717, 1.165) is 30.3 Å². The Morgan fingerprint density at radius 3 is 2.83 bits per heavy atom. The number of carbonyl (C=O) groups is 1. The van der Waals surface area contributed by atoms with Crippen LogP contribution in [-0.4, -0.2) is 10.8 Å². The van der Waals surface area contributed by atoms with Gasteiger partial charge in [-0.25, -0.2) is 0 Å². The molecule has 1 aromatic heterocycles. The Morgan fingerprint density at radius 2 is 2.17 bits per heavy atom. The largest absolute Gasteiger partial charge is 0.360 e. The van der Waals surface area contributed by atoms with Gasteiger partial charge in [-0.2, -0.15) is 0 Å². The van der Waals surface area contributed by atoms with Crippen molar-refractivity contribution < 1.29 is 4.79 Å². The van der Waals surface area contributed by atoms with Crippen molar-refractivity contribution in [3.63, 3.8) is 0 Å². The number of pyridine rings is 1. The summed E-state index contributed by atoms with van der Waals surface area (Å²) >= 11 is 0. The highest BCUT2D eigenvalue weighted by Crippen LogP contribution is 2.31. The minimum absolute atomic E-state index is 0.0000477. The first-order valence-electron chi connectivity index (χ1n) is 6.39. The van der Waals surface area contributed by atoms with Crippen molar-refractivity contribution in [2.24, 2.45) is 5.92 Å². The minimum Gasteiger partial charge on any atom is -0.360 e. The van der Waals surface area contributed by atoms with Crippen LogP contribution in [0.4, 0.5) is 0 Å². The Hall–Kier alpha value is -1.90. The van der Waals surface area contributed by atoms with Gasteiger partial charge in [0.1, 0.15) is 0 Å². The van der Waals surface area contributed by atoms with Gasteiger partial charge in [-0.15, -0.1) is 0 Å². The molecule has 1 N–H and O–H groups in total. The molecule has 1 aliphatic carbocycles. The molecular formula is C15H15NO2. The Balaban J connectivity index is 2.20. The Morgan fingerprint density at radius 1 is 1.39 bits per heavy atom. The number of nitrogens with one attached hydrogen (secondary N) is 1. The van der Waals surface area contributed by atoms with Crippen molar-refractivity contribution in [1.29, 1.82) is 0 Å². The van der Waals surface area contributed by atoms with Crippen molar-refractivity contribution in [3.05, 3.63) is 45.7 Å². The van der Waals surface area contributed by atoms with E-state index in [1.165, 1.54) is 0 Å². The molecule has 0 unspecified atom stereocenters. The van der Waals surface area contributed by atoms with Crippen LogP contribution in [0.1, 0.15) is 35.7 Å². The summed E-state index contributed by atoms with van der Waals surface area (Å²) < 4.78 is 0. The van der Waals surface area contributed by atoms with Crippen LogP contribution in [0, 0.1) is 5.92 Å². The van der Waals surface area contributed by atoms with E-state index in [9.17, 15) is 9.59 Å². The fourth-order valence-corrected chi connectivity index (χ4v) is 2.23. The minimum atomic E-state index is -0.129. The number of benzene rings is 1. The summed E-state index contributed by atoms with van der Waals surface area (Å²) in [6, 6.07) is 5.79. The molecule has 1 aliphatic rings. The van der Waals surface area contributed by atoms with Gasteiger partial charge in [0.25, 0.3) is 0 Å². The normalized spacial score (nSPS) is 14.9. The molecular weight excluding hydrogens is 226 g/mol. The Bertz CT molecular complexity index is 680. The highest BCUT2D eigenvalue weighted by atomic mass is 16.1. The fraction of sp³-hybridized carbons (Fsp3) is 0.333. The van der Waals surface area contributed by atoms with Crippen LogP contribution in [-0.2, 0) is 6.42 Å². The molecule has 0 bridgehead atoms. The molecule has 1 saturated carbocycles. The SMILES string of the molecule is CCc1ccc2[nH]cc(C(=O)C3CC3)c(=O)c2c1. The first-order valence-corrected chi connectivity index (χ1v) is 6.39. The third-order valence-electron chi connectivity index (χ3n) is 3.57. The number of hydrogen-bond acceptors (Lipinski definition) is 2. The number of carbonyl (C=O) groups excluding carboxylic acids is 1. The first-order chi connectivity index (χ1) is 8.70. The molecule has 1 fully saturated rings. The van der Waals surface area contributed by atoms with Crippen LogP contribution >= 0.6 is 0 Å². The molecule has 0 amide bonds. The maximum Gasteiger partial charge on any atom is 0.200 e. The number of rotatable bonds is 3. The van der Waals surface area contributed by atoms with Crippen molar-refractivity contribution in [1.82, 2.24) is 4.98 Å². The average molecular weight is 241 g/mol. The van der Waals surface area contributed by atoms with Gasteiger partial charge in [0.2, 0.25) is 0 Å². The molecule has 0 atom stereocenters. The second kappa shape index (κ2) is 4.09. The zero-order chi connectivity index (χ0) is 12.7. The lowest BCUT2D eigenvalue weighted by Gasteiger charge is -2.04. The second-order valence-electron chi connectivity index (χ2n) is 4.90. The molecule has 0 aliphatic heterocycles. The summed E-state index contributed by atoms with van der Waals surface area (Å²) in [6.45, 7) is 2.05. The van der Waals surface area contributed by atoms with Crippen LogP contribution in [0.15, 0.2) is 29.2 Å². The van der Waals surface area contributed by atoms with E-state index in [4.69, 9.17) is 0 Å². The third-order valence-corrected chi connectivity index (χ3v) is 3.57. The van der Waals surface area contributed by atoms with Crippen LogP contribution in [0.2, 0.25) is 0 Å². The molecule has 1 heterocycles. The molecule has 2 aromatic rings. The van der Waals surface area contributed by atoms with Crippen molar-refractivity contribution in [2.75, 3.05) is 0 Å². The van der Waals surface area contributed by atoms with Gasteiger partial charge in [-0.3, -0.25) is 9.59 Å². The lowest BCUT2D eigenvalue weighted by molar-refractivity contribution is 0.0966. The van der Waals surface area contributed by atoms with Gasteiger partial charge < -0.3 is 4.98 Å².